The number of aromatic nitrogens is 1. The van der Waals surface area contributed by atoms with Crippen molar-refractivity contribution >= 4 is 12.0 Å². The standard InChI is InChI=1S/C16H16N2O/c1-13-2-4-14(5-3-13)6-7-16(19)18-12-15-8-10-17-11-9-15/h2-11H,12H2,1H3,(H,18,19). The van der Waals surface area contributed by atoms with Crippen LogP contribution in [0.4, 0.5) is 0 Å². The van der Waals surface area contributed by atoms with Crippen LogP contribution < -0.4 is 5.32 Å². The molecule has 0 aliphatic heterocycles. The SMILES string of the molecule is Cc1ccc(C=CC(=O)NCc2ccncc2)cc1. The second-order valence-corrected chi connectivity index (χ2v) is 4.32. The highest BCUT2D eigenvalue weighted by Gasteiger charge is 1.96. The van der Waals surface area contributed by atoms with Gasteiger partial charge in [0.15, 0.2) is 0 Å². The third kappa shape index (κ3) is 4.39. The maximum Gasteiger partial charge on any atom is 0.244 e. The minimum atomic E-state index is -0.0996. The first-order chi connectivity index (χ1) is 9.24. The fourth-order valence-electron chi connectivity index (χ4n) is 1.60. The first-order valence-corrected chi connectivity index (χ1v) is 6.15. The number of nitrogens with one attached hydrogen (secondary N) is 1. The number of rotatable bonds is 4. The Hall–Kier alpha value is -2.42. The van der Waals surface area contributed by atoms with Crippen LogP contribution in [0.5, 0.6) is 0 Å². The van der Waals surface area contributed by atoms with Crippen LogP contribution in [0.15, 0.2) is 54.9 Å². The lowest BCUT2D eigenvalue weighted by atomic mass is 10.1. The second-order valence-electron chi connectivity index (χ2n) is 4.32. The normalized spacial score (nSPS) is 10.6. The molecule has 96 valence electrons. The van der Waals surface area contributed by atoms with Crippen molar-refractivity contribution in [2.45, 2.75) is 13.5 Å². The molecule has 0 radical (unpaired) electrons. The van der Waals surface area contributed by atoms with Gasteiger partial charge < -0.3 is 5.32 Å². The van der Waals surface area contributed by atoms with Gasteiger partial charge in [0.25, 0.3) is 0 Å². The molecule has 2 aromatic rings. The van der Waals surface area contributed by atoms with E-state index in [4.69, 9.17) is 0 Å². The van der Waals surface area contributed by atoms with E-state index in [1.54, 1.807) is 24.5 Å². The van der Waals surface area contributed by atoms with Crippen molar-refractivity contribution in [3.8, 4) is 0 Å². The molecule has 0 saturated carbocycles. The predicted octanol–water partition coefficient (Wildman–Crippen LogP) is 2.72. The van der Waals surface area contributed by atoms with Crippen LogP contribution >= 0.6 is 0 Å². The lowest BCUT2D eigenvalue weighted by molar-refractivity contribution is -0.116. The molecule has 1 heterocycles. The number of benzene rings is 1. The van der Waals surface area contributed by atoms with E-state index in [0.717, 1.165) is 11.1 Å². The van der Waals surface area contributed by atoms with E-state index in [0.29, 0.717) is 6.54 Å². The Labute approximate surface area is 113 Å². The molecule has 1 aromatic heterocycles. The maximum absolute atomic E-state index is 11.6. The minimum absolute atomic E-state index is 0.0996. The fraction of sp³-hybridized carbons (Fsp3) is 0.125. The molecule has 0 aliphatic carbocycles. The van der Waals surface area contributed by atoms with Crippen LogP contribution in [-0.4, -0.2) is 10.9 Å². The molecule has 0 fully saturated rings. The number of carbonyl (C=O) groups excluding carboxylic acids is 1. The highest BCUT2D eigenvalue weighted by molar-refractivity contribution is 5.91. The van der Waals surface area contributed by atoms with Crippen molar-refractivity contribution in [2.75, 3.05) is 0 Å². The molecule has 1 amide bonds. The van der Waals surface area contributed by atoms with Crippen LogP contribution in [0.2, 0.25) is 0 Å². The maximum atomic E-state index is 11.6. The molecule has 0 saturated heterocycles. The summed E-state index contributed by atoms with van der Waals surface area (Å²) in [6, 6.07) is 11.8. The van der Waals surface area contributed by atoms with Gasteiger partial charge >= 0.3 is 0 Å². The number of amides is 1. The summed E-state index contributed by atoms with van der Waals surface area (Å²) >= 11 is 0. The summed E-state index contributed by atoms with van der Waals surface area (Å²) in [5, 5.41) is 2.83. The number of hydrogen-bond donors (Lipinski definition) is 1. The van der Waals surface area contributed by atoms with Gasteiger partial charge in [-0.15, -0.1) is 0 Å². The predicted molar refractivity (Wildman–Crippen MR) is 76.3 cm³/mol. The van der Waals surface area contributed by atoms with Gasteiger partial charge in [0.05, 0.1) is 0 Å². The van der Waals surface area contributed by atoms with Crippen molar-refractivity contribution in [3.05, 3.63) is 71.6 Å². The van der Waals surface area contributed by atoms with Gasteiger partial charge in [-0.1, -0.05) is 29.8 Å². The van der Waals surface area contributed by atoms with Gasteiger partial charge in [-0.3, -0.25) is 9.78 Å². The number of carbonyl (C=O) groups is 1. The van der Waals surface area contributed by atoms with Crippen molar-refractivity contribution in [1.29, 1.82) is 0 Å². The van der Waals surface area contributed by atoms with E-state index >= 15 is 0 Å². The van der Waals surface area contributed by atoms with Crippen LogP contribution in [0.3, 0.4) is 0 Å². The van der Waals surface area contributed by atoms with Gasteiger partial charge in [0, 0.05) is 25.0 Å². The largest absolute Gasteiger partial charge is 0.348 e. The number of pyridine rings is 1. The summed E-state index contributed by atoms with van der Waals surface area (Å²) in [5.74, 6) is -0.0996. The van der Waals surface area contributed by atoms with Crippen LogP contribution in [0.25, 0.3) is 6.08 Å². The monoisotopic (exact) mass is 252 g/mol. The molecular formula is C16H16N2O. The third-order valence-corrected chi connectivity index (χ3v) is 2.72. The Morgan fingerprint density at radius 3 is 2.53 bits per heavy atom. The smallest absolute Gasteiger partial charge is 0.244 e. The summed E-state index contributed by atoms with van der Waals surface area (Å²) in [6.07, 6.45) is 6.78. The Bertz CT molecular complexity index is 559. The fourth-order valence-corrected chi connectivity index (χ4v) is 1.60. The molecule has 0 atom stereocenters. The Kier molecular flexibility index (Phi) is 4.45. The Balaban J connectivity index is 1.86. The van der Waals surface area contributed by atoms with E-state index < -0.39 is 0 Å². The van der Waals surface area contributed by atoms with Crippen molar-refractivity contribution < 1.29 is 4.79 Å². The summed E-state index contributed by atoms with van der Waals surface area (Å²) in [4.78, 5) is 15.6. The van der Waals surface area contributed by atoms with Crippen molar-refractivity contribution in [1.82, 2.24) is 10.3 Å². The summed E-state index contributed by atoms with van der Waals surface area (Å²) in [5.41, 5.74) is 3.26. The van der Waals surface area contributed by atoms with Gasteiger partial charge in [0.2, 0.25) is 5.91 Å². The molecule has 0 bridgehead atoms. The lowest BCUT2D eigenvalue weighted by Gasteiger charge is -2.01. The summed E-state index contributed by atoms with van der Waals surface area (Å²) in [6.45, 7) is 2.55. The van der Waals surface area contributed by atoms with Crippen LogP contribution in [0.1, 0.15) is 16.7 Å². The zero-order valence-corrected chi connectivity index (χ0v) is 10.8. The molecule has 3 nitrogen and oxygen atoms in total. The number of hydrogen-bond acceptors (Lipinski definition) is 2. The van der Waals surface area contributed by atoms with E-state index in [2.05, 4.69) is 10.3 Å². The highest BCUT2D eigenvalue weighted by Crippen LogP contribution is 2.04. The molecule has 2 rings (SSSR count). The molecule has 0 aliphatic rings. The van der Waals surface area contributed by atoms with E-state index in [1.807, 2.05) is 43.3 Å². The van der Waals surface area contributed by atoms with E-state index in [1.165, 1.54) is 5.56 Å². The van der Waals surface area contributed by atoms with Gasteiger partial charge in [-0.05, 0) is 36.3 Å². The highest BCUT2D eigenvalue weighted by atomic mass is 16.1. The van der Waals surface area contributed by atoms with Crippen LogP contribution in [-0.2, 0) is 11.3 Å². The first kappa shape index (κ1) is 13.0. The second kappa shape index (κ2) is 6.50. The van der Waals surface area contributed by atoms with E-state index in [-0.39, 0.29) is 5.91 Å². The van der Waals surface area contributed by atoms with Crippen LogP contribution in [0, 0.1) is 6.92 Å². The molecule has 0 unspecified atom stereocenters. The molecule has 19 heavy (non-hydrogen) atoms. The minimum Gasteiger partial charge on any atom is -0.348 e. The average Bonchev–Trinajstić information content (AvgIpc) is 2.45. The Morgan fingerprint density at radius 2 is 1.84 bits per heavy atom. The summed E-state index contributed by atoms with van der Waals surface area (Å²) < 4.78 is 0. The average molecular weight is 252 g/mol. The quantitative estimate of drug-likeness (QED) is 0.850. The number of nitrogens with zero attached hydrogens (tertiary/aromatic N) is 1. The molecule has 1 N–H and O–H groups in total. The van der Waals surface area contributed by atoms with Gasteiger partial charge in [0.1, 0.15) is 0 Å². The topological polar surface area (TPSA) is 42.0 Å². The lowest BCUT2D eigenvalue weighted by Crippen LogP contribution is -2.20. The van der Waals surface area contributed by atoms with Crippen molar-refractivity contribution in [3.63, 3.8) is 0 Å². The third-order valence-electron chi connectivity index (χ3n) is 2.72. The molecule has 1 aromatic carbocycles. The zero-order valence-electron chi connectivity index (χ0n) is 10.8. The van der Waals surface area contributed by atoms with E-state index in [9.17, 15) is 4.79 Å². The Morgan fingerprint density at radius 1 is 1.16 bits per heavy atom. The molecular weight excluding hydrogens is 236 g/mol. The molecule has 0 spiro atoms. The molecule has 3 heteroatoms. The van der Waals surface area contributed by atoms with Gasteiger partial charge in [-0.25, -0.2) is 0 Å². The summed E-state index contributed by atoms with van der Waals surface area (Å²) in [7, 11) is 0. The van der Waals surface area contributed by atoms with Crippen molar-refractivity contribution in [2.24, 2.45) is 0 Å². The first-order valence-electron chi connectivity index (χ1n) is 6.15. The van der Waals surface area contributed by atoms with Gasteiger partial charge in [-0.2, -0.15) is 0 Å². The number of aryl methyl sites for hydroxylation is 1. The zero-order chi connectivity index (χ0) is 13.5.